The highest BCUT2D eigenvalue weighted by molar-refractivity contribution is 7.47. The first-order chi connectivity index (χ1) is 49.7. The van der Waals surface area contributed by atoms with Gasteiger partial charge in [-0.15, -0.1) is 0 Å². The van der Waals surface area contributed by atoms with E-state index in [-0.39, 0.29) is 25.7 Å². The molecular weight excluding hydrogens is 1330 g/mol. The van der Waals surface area contributed by atoms with Gasteiger partial charge < -0.3 is 33.8 Å². The van der Waals surface area contributed by atoms with Gasteiger partial charge in [0, 0.05) is 25.7 Å². The second kappa shape index (κ2) is 74.7. The van der Waals surface area contributed by atoms with Crippen molar-refractivity contribution in [1.29, 1.82) is 0 Å². The molecule has 0 rings (SSSR count). The van der Waals surface area contributed by atoms with Crippen molar-refractivity contribution >= 4 is 39.5 Å². The van der Waals surface area contributed by atoms with Crippen LogP contribution in [0, 0.1) is 0 Å². The minimum Gasteiger partial charge on any atom is -0.462 e. The molecule has 19 heteroatoms. The quantitative estimate of drug-likeness (QED) is 0.0169. The van der Waals surface area contributed by atoms with Crippen LogP contribution in [-0.2, 0) is 65.4 Å². The average molecular weight is 1470 g/mol. The Balaban J connectivity index is 5.35. The number of phosphoric acid groups is 2. The van der Waals surface area contributed by atoms with Gasteiger partial charge in [-0.1, -0.05) is 284 Å². The molecule has 0 heterocycles. The van der Waals surface area contributed by atoms with Crippen molar-refractivity contribution in [2.24, 2.45) is 0 Å². The number of esters is 4. The molecule has 0 aliphatic rings. The molecule has 0 aromatic carbocycles. The molecule has 586 valence electrons. The lowest BCUT2D eigenvalue weighted by Crippen LogP contribution is -2.30. The van der Waals surface area contributed by atoms with Crippen molar-refractivity contribution in [2.45, 2.75) is 341 Å². The number of aliphatic hydroxyl groups excluding tert-OH is 1. The van der Waals surface area contributed by atoms with E-state index in [1.54, 1.807) is 0 Å². The Bertz CT molecular complexity index is 2410. The number of phosphoric ester groups is 2. The molecule has 5 unspecified atom stereocenters. The Labute approximate surface area is 619 Å². The normalized spacial score (nSPS) is 14.5. The number of carbonyl (C=O) groups is 4. The topological polar surface area (TPSA) is 237 Å². The van der Waals surface area contributed by atoms with Gasteiger partial charge in [-0.2, -0.15) is 0 Å². The van der Waals surface area contributed by atoms with Gasteiger partial charge in [-0.25, -0.2) is 9.13 Å². The third-order valence-corrected chi connectivity index (χ3v) is 18.3. The minimum absolute atomic E-state index is 0.0386. The molecular formula is C83H142O17P2. The summed E-state index contributed by atoms with van der Waals surface area (Å²) in [6.45, 7) is 4.56. The summed E-state index contributed by atoms with van der Waals surface area (Å²) in [6.07, 6.45) is 81.8. The molecule has 17 nitrogen and oxygen atoms in total. The van der Waals surface area contributed by atoms with Crippen molar-refractivity contribution in [3.63, 3.8) is 0 Å². The molecule has 0 fully saturated rings. The zero-order valence-electron chi connectivity index (χ0n) is 64.0. The summed E-state index contributed by atoms with van der Waals surface area (Å²) in [5, 5.41) is 10.6. The van der Waals surface area contributed by atoms with Crippen molar-refractivity contribution in [2.75, 3.05) is 39.6 Å². The maximum absolute atomic E-state index is 13.1. The molecule has 0 aliphatic heterocycles. The smallest absolute Gasteiger partial charge is 0.462 e. The average Bonchev–Trinajstić information content (AvgIpc) is 0.925. The van der Waals surface area contributed by atoms with Gasteiger partial charge in [0.25, 0.3) is 0 Å². The summed E-state index contributed by atoms with van der Waals surface area (Å²) in [4.78, 5) is 72.9. The SMILES string of the molecule is CC/C=C\C/C=C\C/C=C\C/C=C\CCCCC(=O)OC(COC(=O)CCCCCCCCC/C=C\C/C=C\C/C=C\CC)COP(=O)(O)OCC(O)COP(=O)(O)OCC(COC(=O)CCCCCCCC/C=C\C/C=C\C/C=C\CCCCC)OC(=O)CCCCCCCCCCCCC. The lowest BCUT2D eigenvalue weighted by Gasteiger charge is -2.21. The number of unbranched alkanes of at least 4 members (excludes halogenated alkanes) is 28. The maximum Gasteiger partial charge on any atom is 0.472 e. The molecule has 0 radical (unpaired) electrons. The number of carbonyl (C=O) groups excluding carboxylic acids is 4. The molecule has 0 amide bonds. The summed E-state index contributed by atoms with van der Waals surface area (Å²) >= 11 is 0. The molecule has 0 aromatic rings. The Kier molecular flexibility index (Phi) is 71.4. The first-order valence-electron chi connectivity index (χ1n) is 39.8. The summed E-state index contributed by atoms with van der Waals surface area (Å²) < 4.78 is 68.5. The molecule has 0 saturated heterocycles. The van der Waals surface area contributed by atoms with E-state index in [4.69, 9.17) is 37.0 Å². The third kappa shape index (κ3) is 73.8. The molecule has 0 aliphatic carbocycles. The van der Waals surface area contributed by atoms with Crippen LogP contribution in [0.4, 0.5) is 0 Å². The van der Waals surface area contributed by atoms with Gasteiger partial charge in [0.05, 0.1) is 26.4 Å². The fraction of sp³-hybridized carbons (Fsp3) is 0.711. The first kappa shape index (κ1) is 97.5. The highest BCUT2D eigenvalue weighted by Gasteiger charge is 2.30. The van der Waals surface area contributed by atoms with Gasteiger partial charge in [-0.05, 0) is 135 Å². The van der Waals surface area contributed by atoms with E-state index in [1.165, 1.54) is 57.8 Å². The second-order valence-corrected chi connectivity index (χ2v) is 29.2. The lowest BCUT2D eigenvalue weighted by molar-refractivity contribution is -0.161. The molecule has 0 spiro atoms. The maximum atomic E-state index is 13.1. The van der Waals surface area contributed by atoms with Crippen LogP contribution in [0.25, 0.3) is 0 Å². The van der Waals surface area contributed by atoms with Gasteiger partial charge in [-0.3, -0.25) is 37.3 Å². The van der Waals surface area contributed by atoms with Crippen LogP contribution < -0.4 is 0 Å². The number of aliphatic hydroxyl groups is 1. The Morgan fingerprint density at radius 3 is 0.824 bits per heavy atom. The highest BCUT2D eigenvalue weighted by Crippen LogP contribution is 2.45. The molecule has 0 aromatic heterocycles. The van der Waals surface area contributed by atoms with Crippen LogP contribution in [0.3, 0.4) is 0 Å². The van der Waals surface area contributed by atoms with E-state index in [0.717, 1.165) is 180 Å². The molecule has 3 N–H and O–H groups in total. The Hall–Kier alpha value is -4.54. The van der Waals surface area contributed by atoms with Crippen molar-refractivity contribution in [3.05, 3.63) is 122 Å². The van der Waals surface area contributed by atoms with Gasteiger partial charge in [0.2, 0.25) is 0 Å². The van der Waals surface area contributed by atoms with Gasteiger partial charge in [0.1, 0.15) is 19.3 Å². The van der Waals surface area contributed by atoms with E-state index < -0.39 is 97.5 Å². The van der Waals surface area contributed by atoms with Crippen molar-refractivity contribution in [1.82, 2.24) is 0 Å². The minimum atomic E-state index is -4.99. The first-order valence-corrected chi connectivity index (χ1v) is 42.8. The fourth-order valence-corrected chi connectivity index (χ4v) is 12.0. The van der Waals surface area contributed by atoms with E-state index in [2.05, 4.69) is 149 Å². The van der Waals surface area contributed by atoms with Crippen LogP contribution >= 0.6 is 15.6 Å². The highest BCUT2D eigenvalue weighted by atomic mass is 31.2. The largest absolute Gasteiger partial charge is 0.472 e. The summed E-state index contributed by atoms with van der Waals surface area (Å²) in [6, 6.07) is 0. The Morgan fingerprint density at radius 1 is 0.284 bits per heavy atom. The Morgan fingerprint density at radius 2 is 0.510 bits per heavy atom. The summed E-state index contributed by atoms with van der Waals surface area (Å²) in [7, 11) is -9.97. The second-order valence-electron chi connectivity index (χ2n) is 26.2. The van der Waals surface area contributed by atoms with Gasteiger partial charge >= 0.3 is 39.5 Å². The van der Waals surface area contributed by atoms with Crippen LogP contribution in [0.1, 0.15) is 323 Å². The molecule has 102 heavy (non-hydrogen) atoms. The number of hydrogen-bond donors (Lipinski definition) is 3. The van der Waals surface area contributed by atoms with E-state index in [1.807, 2.05) is 0 Å². The number of ether oxygens (including phenoxy) is 4. The van der Waals surface area contributed by atoms with Crippen LogP contribution in [-0.4, -0.2) is 96.7 Å². The fourth-order valence-electron chi connectivity index (χ4n) is 10.4. The predicted octanol–water partition coefficient (Wildman–Crippen LogP) is 23.1. The van der Waals surface area contributed by atoms with Crippen molar-refractivity contribution in [3.8, 4) is 0 Å². The third-order valence-electron chi connectivity index (χ3n) is 16.4. The summed E-state index contributed by atoms with van der Waals surface area (Å²) in [5.41, 5.74) is 0. The lowest BCUT2D eigenvalue weighted by atomic mass is 10.1. The zero-order chi connectivity index (χ0) is 74.6. The van der Waals surface area contributed by atoms with Gasteiger partial charge in [0.15, 0.2) is 12.2 Å². The van der Waals surface area contributed by atoms with E-state index >= 15 is 0 Å². The van der Waals surface area contributed by atoms with Crippen LogP contribution in [0.5, 0.6) is 0 Å². The van der Waals surface area contributed by atoms with Crippen LogP contribution in [0.2, 0.25) is 0 Å². The number of rotatable bonds is 74. The molecule has 0 saturated carbocycles. The molecule has 5 atom stereocenters. The zero-order valence-corrected chi connectivity index (χ0v) is 65.8. The number of hydrogen-bond acceptors (Lipinski definition) is 15. The number of allylic oxidation sites excluding steroid dienone is 20. The predicted molar refractivity (Wildman–Crippen MR) is 418 cm³/mol. The van der Waals surface area contributed by atoms with Crippen molar-refractivity contribution < 1.29 is 80.2 Å². The molecule has 0 bridgehead atoms. The monoisotopic (exact) mass is 1470 g/mol. The van der Waals surface area contributed by atoms with E-state index in [9.17, 15) is 43.2 Å². The van der Waals surface area contributed by atoms with E-state index in [0.29, 0.717) is 32.1 Å². The summed E-state index contributed by atoms with van der Waals surface area (Å²) in [5.74, 6) is -2.24. The van der Waals surface area contributed by atoms with Crippen LogP contribution in [0.15, 0.2) is 122 Å². The standard InChI is InChI=1S/C83H142O17P2/c1-5-9-13-17-21-25-29-32-35-37-38-40-43-45-49-52-56-60-64-68-80(85)93-73-78(99-82(87)69-65-61-57-53-47-28-24-20-16-12-8-4)75-97-101(89,90)95-71-77(84)72-96-102(91,92)98-76-79(100-83(88)70-66-62-58-54-50-46-41-34-31-27-23-19-15-11-7-3)74-94-81(86)67-63-59-55-51-48-44-42-39-36-33-30-26-22-18-14-10-6-2/h10-11,14-15,21-23,25-27,32-36,38,40-41,50,54,77-79,84H,5-9,12-13,16-20,24,28-31,37,39,42-49,51-53,55-76H2,1-4H3,(H,89,90)(H,91,92)/b14-10-,15-11-,25-21-,26-22-,27-23-,35-32-,36-33-,40-38-,41-34-,54-50-.